The molecule has 4 aliphatic carbocycles. The van der Waals surface area contributed by atoms with Crippen LogP contribution in [0.25, 0.3) is 0 Å². The summed E-state index contributed by atoms with van der Waals surface area (Å²) in [6, 6.07) is 0. The lowest BCUT2D eigenvalue weighted by Gasteiger charge is -2.43. The molecule has 0 aromatic carbocycles. The number of amides is 1. The van der Waals surface area contributed by atoms with Gasteiger partial charge in [0.1, 0.15) is 5.76 Å². The SMILES string of the molecule is CNC(=O)C1CCC2=C1C1=C(C2)C2=C(NN1)C1(C)CCCC=C1C(O)=C2. The third-order valence-electron chi connectivity index (χ3n) is 6.83. The number of carbonyl (C=O) groups excluding carboxylic acids is 1. The van der Waals surface area contributed by atoms with Crippen LogP contribution < -0.4 is 16.2 Å². The van der Waals surface area contributed by atoms with Crippen LogP contribution in [0.2, 0.25) is 0 Å². The van der Waals surface area contributed by atoms with E-state index in [0.29, 0.717) is 5.76 Å². The number of hydrogen-bond donors (Lipinski definition) is 4. The zero-order chi connectivity index (χ0) is 18.1. The topological polar surface area (TPSA) is 73.4 Å². The van der Waals surface area contributed by atoms with Crippen molar-refractivity contribution in [2.24, 2.45) is 11.3 Å². The fourth-order valence-electron chi connectivity index (χ4n) is 5.51. The molecule has 0 saturated heterocycles. The Labute approximate surface area is 153 Å². The monoisotopic (exact) mass is 351 g/mol. The number of hydrogen-bond acceptors (Lipinski definition) is 4. The molecule has 2 unspecified atom stereocenters. The molecule has 5 heteroatoms. The van der Waals surface area contributed by atoms with Gasteiger partial charge >= 0.3 is 0 Å². The van der Waals surface area contributed by atoms with Crippen LogP contribution in [-0.4, -0.2) is 18.1 Å². The summed E-state index contributed by atoms with van der Waals surface area (Å²) in [4.78, 5) is 12.3. The first-order chi connectivity index (χ1) is 12.5. The predicted molar refractivity (Wildman–Crippen MR) is 99.5 cm³/mol. The zero-order valence-electron chi connectivity index (χ0n) is 15.3. The number of hydrazine groups is 1. The fraction of sp³-hybridized carbons (Fsp3) is 0.476. The molecule has 0 aromatic rings. The van der Waals surface area contributed by atoms with Gasteiger partial charge in [-0.15, -0.1) is 0 Å². The van der Waals surface area contributed by atoms with Gasteiger partial charge in [-0.1, -0.05) is 11.6 Å². The lowest BCUT2D eigenvalue weighted by Crippen LogP contribution is -2.45. The van der Waals surface area contributed by atoms with Crippen molar-refractivity contribution in [1.82, 2.24) is 16.2 Å². The molecule has 0 spiro atoms. The van der Waals surface area contributed by atoms with Gasteiger partial charge in [-0.05, 0) is 62.7 Å². The molecule has 0 bridgehead atoms. The largest absolute Gasteiger partial charge is 0.508 e. The molecule has 0 radical (unpaired) electrons. The Morgan fingerprint density at radius 2 is 2.23 bits per heavy atom. The molecular formula is C21H25N3O2. The van der Waals surface area contributed by atoms with Gasteiger partial charge in [0.2, 0.25) is 5.91 Å². The summed E-state index contributed by atoms with van der Waals surface area (Å²) in [5.74, 6) is 0.425. The Balaban J connectivity index is 1.61. The van der Waals surface area contributed by atoms with Gasteiger partial charge in [-0.2, -0.15) is 0 Å². The number of rotatable bonds is 1. The Hall–Kier alpha value is -2.43. The van der Waals surface area contributed by atoms with Crippen molar-refractivity contribution in [3.8, 4) is 0 Å². The van der Waals surface area contributed by atoms with E-state index < -0.39 is 0 Å². The quantitative estimate of drug-likeness (QED) is 0.586. The minimum atomic E-state index is -0.175. The summed E-state index contributed by atoms with van der Waals surface area (Å²) in [5.41, 5.74) is 14.9. The maximum Gasteiger partial charge on any atom is 0.227 e. The minimum Gasteiger partial charge on any atom is -0.508 e. The number of nitrogens with one attached hydrogen (secondary N) is 3. The van der Waals surface area contributed by atoms with E-state index in [1.807, 2.05) is 6.08 Å². The van der Waals surface area contributed by atoms with Crippen LogP contribution in [-0.2, 0) is 4.79 Å². The van der Waals surface area contributed by atoms with Crippen molar-refractivity contribution in [1.29, 1.82) is 0 Å². The van der Waals surface area contributed by atoms with Gasteiger partial charge in [0, 0.05) is 29.3 Å². The highest BCUT2D eigenvalue weighted by atomic mass is 16.3. The number of aliphatic hydroxyl groups excluding tert-OH is 1. The standard InChI is InChI=1S/C21H25N3O2/c1-21-8-4-3-5-15(21)16(25)10-14-13-9-11-6-7-12(20(26)22-2)17(11)18(13)23-24-19(14)21/h5,10,12,23-25H,3-4,6-9H2,1-2H3,(H,22,26). The second kappa shape index (κ2) is 5.29. The number of allylic oxidation sites excluding steroid dienone is 8. The molecule has 5 aliphatic rings. The normalized spacial score (nSPS) is 32.0. The Morgan fingerprint density at radius 3 is 3.04 bits per heavy atom. The highest BCUT2D eigenvalue weighted by Crippen LogP contribution is 2.54. The maximum atomic E-state index is 12.3. The van der Waals surface area contributed by atoms with E-state index in [-0.39, 0.29) is 17.2 Å². The van der Waals surface area contributed by atoms with E-state index in [1.54, 1.807) is 7.05 Å². The lowest BCUT2D eigenvalue weighted by atomic mass is 9.66. The summed E-state index contributed by atoms with van der Waals surface area (Å²) in [7, 11) is 1.71. The Bertz CT molecular complexity index is 887. The zero-order valence-corrected chi connectivity index (χ0v) is 15.3. The molecule has 136 valence electrons. The molecule has 0 aromatic heterocycles. The number of fused-ring (bicyclic) bond motifs is 4. The van der Waals surface area contributed by atoms with Crippen molar-refractivity contribution in [2.45, 2.75) is 45.4 Å². The van der Waals surface area contributed by atoms with Crippen LogP contribution in [0.5, 0.6) is 0 Å². The van der Waals surface area contributed by atoms with Crippen molar-refractivity contribution < 1.29 is 9.90 Å². The smallest absolute Gasteiger partial charge is 0.227 e. The predicted octanol–water partition coefficient (Wildman–Crippen LogP) is 3.03. The van der Waals surface area contributed by atoms with E-state index in [4.69, 9.17) is 0 Å². The van der Waals surface area contributed by atoms with E-state index >= 15 is 0 Å². The highest BCUT2D eigenvalue weighted by Gasteiger charge is 2.46. The number of carbonyl (C=O) groups is 1. The van der Waals surface area contributed by atoms with Gasteiger partial charge < -0.3 is 21.3 Å². The van der Waals surface area contributed by atoms with Crippen molar-refractivity contribution in [3.05, 3.63) is 57.2 Å². The van der Waals surface area contributed by atoms with Crippen LogP contribution in [0.3, 0.4) is 0 Å². The molecule has 26 heavy (non-hydrogen) atoms. The fourth-order valence-corrected chi connectivity index (χ4v) is 5.51. The summed E-state index contributed by atoms with van der Waals surface area (Å²) in [6.45, 7) is 2.22. The second-order valence-corrected chi connectivity index (χ2v) is 8.16. The van der Waals surface area contributed by atoms with Crippen LogP contribution >= 0.6 is 0 Å². The Morgan fingerprint density at radius 1 is 1.38 bits per heavy atom. The van der Waals surface area contributed by atoms with Crippen LogP contribution in [0.1, 0.15) is 45.4 Å². The third kappa shape index (κ3) is 1.89. The van der Waals surface area contributed by atoms with Crippen LogP contribution in [0.15, 0.2) is 57.2 Å². The average molecular weight is 351 g/mol. The lowest BCUT2D eigenvalue weighted by molar-refractivity contribution is -0.123. The summed E-state index contributed by atoms with van der Waals surface area (Å²) in [6.07, 6.45) is 10.0. The van der Waals surface area contributed by atoms with Gasteiger partial charge in [-0.25, -0.2) is 0 Å². The maximum absolute atomic E-state index is 12.3. The van der Waals surface area contributed by atoms with Crippen molar-refractivity contribution in [3.63, 3.8) is 0 Å². The first-order valence-electron chi connectivity index (χ1n) is 9.60. The Kier molecular flexibility index (Phi) is 3.21. The average Bonchev–Trinajstić information content (AvgIpc) is 3.20. The highest BCUT2D eigenvalue weighted by molar-refractivity contribution is 5.85. The van der Waals surface area contributed by atoms with E-state index in [0.717, 1.165) is 61.1 Å². The molecule has 1 heterocycles. The van der Waals surface area contributed by atoms with E-state index in [1.165, 1.54) is 16.7 Å². The molecule has 2 atom stereocenters. The van der Waals surface area contributed by atoms with Gasteiger partial charge in [0.25, 0.3) is 0 Å². The molecule has 4 N–H and O–H groups in total. The van der Waals surface area contributed by atoms with Crippen LogP contribution in [0.4, 0.5) is 0 Å². The minimum absolute atomic E-state index is 0.0687. The first kappa shape index (κ1) is 15.8. The summed E-state index contributed by atoms with van der Waals surface area (Å²) < 4.78 is 0. The summed E-state index contributed by atoms with van der Waals surface area (Å²) >= 11 is 0. The molecule has 5 nitrogen and oxygen atoms in total. The van der Waals surface area contributed by atoms with Crippen molar-refractivity contribution in [2.75, 3.05) is 7.05 Å². The molecule has 5 rings (SSSR count). The molecule has 0 saturated carbocycles. The molecular weight excluding hydrogens is 326 g/mol. The van der Waals surface area contributed by atoms with Gasteiger partial charge in [-0.3, -0.25) is 4.79 Å². The molecule has 0 fully saturated rings. The van der Waals surface area contributed by atoms with E-state index in [9.17, 15) is 9.90 Å². The third-order valence-corrected chi connectivity index (χ3v) is 6.83. The van der Waals surface area contributed by atoms with E-state index in [2.05, 4.69) is 29.2 Å². The van der Waals surface area contributed by atoms with Crippen molar-refractivity contribution >= 4 is 5.91 Å². The number of aliphatic hydroxyl groups is 1. The molecule has 1 aliphatic heterocycles. The molecule has 1 amide bonds. The first-order valence-corrected chi connectivity index (χ1v) is 9.60. The van der Waals surface area contributed by atoms with Crippen LogP contribution in [0, 0.1) is 11.3 Å². The van der Waals surface area contributed by atoms with Gasteiger partial charge in [0.05, 0.1) is 11.6 Å². The second-order valence-electron chi connectivity index (χ2n) is 8.16. The summed E-state index contributed by atoms with van der Waals surface area (Å²) in [5, 5.41) is 13.5. The van der Waals surface area contributed by atoms with Gasteiger partial charge in [0.15, 0.2) is 0 Å².